The van der Waals surface area contributed by atoms with E-state index in [-0.39, 0.29) is 24.3 Å². The Bertz CT molecular complexity index is 912. The summed E-state index contributed by atoms with van der Waals surface area (Å²) in [6.45, 7) is 0.482. The number of hydrogen-bond acceptors (Lipinski definition) is 4. The molecule has 1 unspecified atom stereocenters. The first-order valence-electron chi connectivity index (χ1n) is 9.26. The van der Waals surface area contributed by atoms with Crippen LogP contribution in [0.5, 0.6) is 0 Å². The number of carbonyl (C=O) groups excluding carboxylic acids is 3. The predicted molar refractivity (Wildman–Crippen MR) is 114 cm³/mol. The molecule has 0 bridgehead atoms. The molecule has 1 aliphatic heterocycles. The molecule has 3 amide bonds. The van der Waals surface area contributed by atoms with Gasteiger partial charge in [-0.3, -0.25) is 14.4 Å². The molecule has 0 aliphatic carbocycles. The van der Waals surface area contributed by atoms with E-state index in [1.54, 1.807) is 37.4 Å². The topological polar surface area (TPSA) is 87.7 Å². The lowest BCUT2D eigenvalue weighted by Crippen LogP contribution is -2.35. The highest BCUT2D eigenvalue weighted by atomic mass is 79.9. The molecule has 7 nitrogen and oxygen atoms in total. The molecule has 2 N–H and O–H groups in total. The molecule has 2 aromatic carbocycles. The SMILES string of the molecule is CN(CC(=O)Nc1ccccc1Br)C(=O)c1cccc(NC(=O)C2CCCO2)c1. The molecule has 0 spiro atoms. The monoisotopic (exact) mass is 459 g/mol. The minimum absolute atomic E-state index is 0.104. The van der Waals surface area contributed by atoms with Crippen LogP contribution in [0, 0.1) is 0 Å². The smallest absolute Gasteiger partial charge is 0.254 e. The van der Waals surface area contributed by atoms with Crippen LogP contribution >= 0.6 is 15.9 Å². The van der Waals surface area contributed by atoms with E-state index in [0.29, 0.717) is 30.0 Å². The Labute approximate surface area is 177 Å². The summed E-state index contributed by atoms with van der Waals surface area (Å²) in [4.78, 5) is 38.5. The molecule has 0 radical (unpaired) electrons. The average molecular weight is 460 g/mol. The second-order valence-corrected chi connectivity index (χ2v) is 7.62. The van der Waals surface area contributed by atoms with Crippen molar-refractivity contribution < 1.29 is 19.1 Å². The number of halogens is 1. The van der Waals surface area contributed by atoms with Crippen molar-refractivity contribution in [3.8, 4) is 0 Å². The number of anilines is 2. The largest absolute Gasteiger partial charge is 0.368 e. The standard InChI is InChI=1S/C21H22BrN3O4/c1-25(13-19(26)24-17-9-3-2-8-16(17)22)21(28)14-6-4-7-15(12-14)23-20(27)18-10-5-11-29-18/h2-4,6-9,12,18H,5,10-11,13H2,1H3,(H,23,27)(H,24,26). The van der Waals surface area contributed by atoms with E-state index in [1.807, 2.05) is 18.2 Å². The lowest BCUT2D eigenvalue weighted by atomic mass is 10.1. The first-order chi connectivity index (χ1) is 13.9. The Morgan fingerprint density at radius 3 is 2.66 bits per heavy atom. The molecule has 0 saturated carbocycles. The third-order valence-electron chi connectivity index (χ3n) is 4.47. The number of nitrogens with one attached hydrogen (secondary N) is 2. The summed E-state index contributed by atoms with van der Waals surface area (Å²) in [6.07, 6.45) is 1.11. The molecule has 1 aliphatic rings. The van der Waals surface area contributed by atoms with Gasteiger partial charge in [-0.1, -0.05) is 18.2 Å². The molecule has 3 rings (SSSR count). The van der Waals surface area contributed by atoms with Crippen molar-refractivity contribution >= 4 is 45.0 Å². The van der Waals surface area contributed by atoms with E-state index in [2.05, 4.69) is 26.6 Å². The Morgan fingerprint density at radius 2 is 1.93 bits per heavy atom. The molecule has 1 atom stereocenters. The highest BCUT2D eigenvalue weighted by Crippen LogP contribution is 2.21. The van der Waals surface area contributed by atoms with Crippen LogP contribution < -0.4 is 10.6 Å². The zero-order valence-electron chi connectivity index (χ0n) is 16.0. The van der Waals surface area contributed by atoms with E-state index in [9.17, 15) is 14.4 Å². The quantitative estimate of drug-likeness (QED) is 0.693. The average Bonchev–Trinajstić information content (AvgIpc) is 3.24. The fourth-order valence-electron chi connectivity index (χ4n) is 3.00. The van der Waals surface area contributed by atoms with Gasteiger partial charge in [0.1, 0.15) is 6.10 Å². The van der Waals surface area contributed by atoms with Crippen LogP contribution in [0.25, 0.3) is 0 Å². The van der Waals surface area contributed by atoms with Crippen LogP contribution in [0.4, 0.5) is 11.4 Å². The number of benzene rings is 2. The van der Waals surface area contributed by atoms with Gasteiger partial charge < -0.3 is 20.3 Å². The minimum atomic E-state index is -0.446. The molecule has 8 heteroatoms. The van der Waals surface area contributed by atoms with Crippen molar-refractivity contribution in [3.05, 3.63) is 58.6 Å². The Morgan fingerprint density at radius 1 is 1.14 bits per heavy atom. The molecular formula is C21H22BrN3O4. The molecule has 2 aromatic rings. The normalized spacial score (nSPS) is 15.6. The molecule has 1 heterocycles. The molecule has 1 fully saturated rings. The molecule has 152 valence electrons. The van der Waals surface area contributed by atoms with Gasteiger partial charge in [0.2, 0.25) is 5.91 Å². The van der Waals surface area contributed by atoms with Gasteiger partial charge in [-0.05, 0) is 59.1 Å². The van der Waals surface area contributed by atoms with E-state index < -0.39 is 6.10 Å². The number of carbonyl (C=O) groups is 3. The fraction of sp³-hybridized carbons (Fsp3) is 0.286. The third kappa shape index (κ3) is 5.65. The summed E-state index contributed by atoms with van der Waals surface area (Å²) in [6, 6.07) is 13.9. The Hall–Kier alpha value is -2.71. The zero-order chi connectivity index (χ0) is 20.8. The van der Waals surface area contributed by atoms with Crippen molar-refractivity contribution in [2.24, 2.45) is 0 Å². The van der Waals surface area contributed by atoms with Crippen LogP contribution in [0.2, 0.25) is 0 Å². The van der Waals surface area contributed by atoms with Gasteiger partial charge in [0, 0.05) is 29.4 Å². The van der Waals surface area contributed by atoms with Crippen molar-refractivity contribution in [1.29, 1.82) is 0 Å². The van der Waals surface area contributed by atoms with Crippen LogP contribution in [-0.4, -0.2) is 48.9 Å². The summed E-state index contributed by atoms with van der Waals surface area (Å²) in [5, 5.41) is 5.54. The van der Waals surface area contributed by atoms with Crippen molar-refractivity contribution in [1.82, 2.24) is 4.90 Å². The number of likely N-dealkylation sites (N-methyl/N-ethyl adjacent to an activating group) is 1. The predicted octanol–water partition coefficient (Wildman–Crippen LogP) is 3.28. The first-order valence-corrected chi connectivity index (χ1v) is 10.1. The van der Waals surface area contributed by atoms with Crippen LogP contribution in [0.1, 0.15) is 23.2 Å². The summed E-state index contributed by atoms with van der Waals surface area (Å²) in [5.41, 5.74) is 1.53. The fourth-order valence-corrected chi connectivity index (χ4v) is 3.38. The highest BCUT2D eigenvalue weighted by molar-refractivity contribution is 9.10. The van der Waals surface area contributed by atoms with E-state index in [1.165, 1.54) is 4.90 Å². The Kier molecular flexibility index (Phi) is 7.00. The first kappa shape index (κ1) is 21.0. The van der Waals surface area contributed by atoms with Crippen LogP contribution in [0.3, 0.4) is 0 Å². The van der Waals surface area contributed by atoms with E-state index in [0.717, 1.165) is 10.9 Å². The van der Waals surface area contributed by atoms with Gasteiger partial charge in [-0.15, -0.1) is 0 Å². The van der Waals surface area contributed by atoms with Gasteiger partial charge in [-0.2, -0.15) is 0 Å². The maximum atomic E-state index is 12.7. The molecular weight excluding hydrogens is 438 g/mol. The molecule has 1 saturated heterocycles. The highest BCUT2D eigenvalue weighted by Gasteiger charge is 2.24. The number of rotatable bonds is 6. The lowest BCUT2D eigenvalue weighted by molar-refractivity contribution is -0.124. The van der Waals surface area contributed by atoms with Gasteiger partial charge in [0.15, 0.2) is 0 Å². The van der Waals surface area contributed by atoms with Crippen molar-refractivity contribution in [3.63, 3.8) is 0 Å². The number of para-hydroxylation sites is 1. The van der Waals surface area contributed by atoms with Gasteiger partial charge in [0.05, 0.1) is 12.2 Å². The molecule has 29 heavy (non-hydrogen) atoms. The maximum absolute atomic E-state index is 12.7. The van der Waals surface area contributed by atoms with Gasteiger partial charge in [-0.25, -0.2) is 0 Å². The summed E-state index contributed by atoms with van der Waals surface area (Å²) >= 11 is 3.37. The van der Waals surface area contributed by atoms with Gasteiger partial charge in [0.25, 0.3) is 11.8 Å². The summed E-state index contributed by atoms with van der Waals surface area (Å²) < 4.78 is 6.13. The zero-order valence-corrected chi connectivity index (χ0v) is 17.6. The molecule has 0 aromatic heterocycles. The number of nitrogens with zero attached hydrogens (tertiary/aromatic N) is 1. The van der Waals surface area contributed by atoms with Crippen molar-refractivity contribution in [2.45, 2.75) is 18.9 Å². The van der Waals surface area contributed by atoms with E-state index in [4.69, 9.17) is 4.74 Å². The summed E-state index contributed by atoms with van der Waals surface area (Å²) in [5.74, 6) is -0.843. The minimum Gasteiger partial charge on any atom is -0.368 e. The maximum Gasteiger partial charge on any atom is 0.254 e. The number of ether oxygens (including phenoxy) is 1. The lowest BCUT2D eigenvalue weighted by Gasteiger charge is -2.18. The van der Waals surface area contributed by atoms with Crippen LogP contribution in [0.15, 0.2) is 53.0 Å². The van der Waals surface area contributed by atoms with E-state index >= 15 is 0 Å². The number of hydrogen-bond donors (Lipinski definition) is 2. The second kappa shape index (κ2) is 9.67. The second-order valence-electron chi connectivity index (χ2n) is 6.76. The van der Waals surface area contributed by atoms with Crippen molar-refractivity contribution in [2.75, 3.05) is 30.8 Å². The third-order valence-corrected chi connectivity index (χ3v) is 5.17. The Balaban J connectivity index is 1.59. The number of amides is 3. The summed E-state index contributed by atoms with van der Waals surface area (Å²) in [7, 11) is 1.56. The van der Waals surface area contributed by atoms with Gasteiger partial charge >= 0.3 is 0 Å². The van der Waals surface area contributed by atoms with Crippen LogP contribution in [-0.2, 0) is 14.3 Å².